The van der Waals surface area contributed by atoms with Crippen molar-refractivity contribution >= 4 is 11.4 Å². The van der Waals surface area contributed by atoms with E-state index in [1.807, 2.05) is 6.07 Å². The quantitative estimate of drug-likeness (QED) is 0.795. The zero-order valence-corrected chi connectivity index (χ0v) is 12.1. The number of rotatable bonds is 2. The molecule has 2 heterocycles. The van der Waals surface area contributed by atoms with Gasteiger partial charge in [0.1, 0.15) is 5.82 Å². The smallest absolute Gasteiger partial charge is 0.146 e. The Bertz CT molecular complexity index is 559. The van der Waals surface area contributed by atoms with Gasteiger partial charge in [0.25, 0.3) is 0 Å². The van der Waals surface area contributed by atoms with Gasteiger partial charge in [-0.2, -0.15) is 0 Å². The number of hydrogen-bond acceptors (Lipinski definition) is 5. The third-order valence-corrected chi connectivity index (χ3v) is 4.72. The Morgan fingerprint density at radius 1 is 1.14 bits per heavy atom. The molecular formula is C15H22FN5. The molecule has 3 aliphatic rings. The van der Waals surface area contributed by atoms with Crippen LogP contribution in [0.5, 0.6) is 0 Å². The van der Waals surface area contributed by atoms with Crippen LogP contribution in [0.4, 0.5) is 15.8 Å². The highest BCUT2D eigenvalue weighted by atomic mass is 19.1. The summed E-state index contributed by atoms with van der Waals surface area (Å²) in [6, 6.07) is 4.38. The van der Waals surface area contributed by atoms with Crippen LogP contribution in [-0.4, -0.2) is 36.9 Å². The Morgan fingerprint density at radius 3 is 2.62 bits per heavy atom. The highest BCUT2D eigenvalue weighted by Gasteiger charge is 2.35. The summed E-state index contributed by atoms with van der Waals surface area (Å²) in [5.74, 6) is 5.82. The molecule has 6 heteroatoms. The molecule has 0 bridgehead atoms. The third-order valence-electron chi connectivity index (χ3n) is 4.72. The molecule has 0 radical (unpaired) electrons. The lowest BCUT2D eigenvalue weighted by Gasteiger charge is -2.37. The summed E-state index contributed by atoms with van der Waals surface area (Å²) in [6.07, 6.45) is 3.34. The Kier molecular flexibility index (Phi) is 3.06. The van der Waals surface area contributed by atoms with Gasteiger partial charge in [0.2, 0.25) is 0 Å². The molecule has 1 atom stereocenters. The Balaban J connectivity index is 1.72. The number of nitrogens with zero attached hydrogens (tertiary/aromatic N) is 3. The molecule has 0 aromatic heterocycles. The molecule has 5 nitrogen and oxygen atoms in total. The molecule has 0 amide bonds. The fourth-order valence-electron chi connectivity index (χ4n) is 3.47. The maximum Gasteiger partial charge on any atom is 0.146 e. The molecule has 1 aromatic rings. The molecule has 0 spiro atoms. The van der Waals surface area contributed by atoms with Crippen LogP contribution in [0, 0.1) is 5.82 Å². The van der Waals surface area contributed by atoms with Gasteiger partial charge < -0.3 is 15.5 Å². The van der Waals surface area contributed by atoms with Gasteiger partial charge in [0, 0.05) is 37.4 Å². The highest BCUT2D eigenvalue weighted by Crippen LogP contribution is 2.39. The summed E-state index contributed by atoms with van der Waals surface area (Å²) < 4.78 is 14.5. The molecule has 1 aromatic carbocycles. The maximum atomic E-state index is 14.5. The largest absolute Gasteiger partial charge is 0.367 e. The van der Waals surface area contributed by atoms with Gasteiger partial charge in [-0.3, -0.25) is 5.84 Å². The maximum absolute atomic E-state index is 14.5. The van der Waals surface area contributed by atoms with Gasteiger partial charge in [0.15, 0.2) is 0 Å². The standard InChI is InChI=1S/C15H22FN5/c16-13-5-10-7-20(18)9-21(12-1-2-12)14(10)6-15(13)19-4-3-11(17)8-19/h5-6,11-12H,1-4,7-9,17-18H2/t11-/m0/s1. The second-order valence-electron chi connectivity index (χ2n) is 6.52. The van der Waals surface area contributed by atoms with Crippen molar-refractivity contribution in [2.45, 2.75) is 37.9 Å². The van der Waals surface area contributed by atoms with Crippen LogP contribution in [0.1, 0.15) is 24.8 Å². The fraction of sp³-hybridized carbons (Fsp3) is 0.600. The highest BCUT2D eigenvalue weighted by molar-refractivity contribution is 5.66. The summed E-state index contributed by atoms with van der Waals surface area (Å²) >= 11 is 0. The minimum atomic E-state index is -0.158. The van der Waals surface area contributed by atoms with Crippen molar-refractivity contribution in [2.75, 3.05) is 29.6 Å². The van der Waals surface area contributed by atoms with Crippen LogP contribution in [-0.2, 0) is 6.54 Å². The van der Waals surface area contributed by atoms with E-state index in [-0.39, 0.29) is 11.9 Å². The van der Waals surface area contributed by atoms with Gasteiger partial charge in [-0.25, -0.2) is 9.40 Å². The van der Waals surface area contributed by atoms with Crippen molar-refractivity contribution in [3.63, 3.8) is 0 Å². The number of nitrogens with two attached hydrogens (primary N) is 2. The number of halogens is 1. The van der Waals surface area contributed by atoms with Crippen LogP contribution in [0.25, 0.3) is 0 Å². The SMILES string of the molecule is N[C@H]1CCN(c2cc3c(cc2F)CN(N)CN3C2CC2)C1. The lowest BCUT2D eigenvalue weighted by molar-refractivity contribution is 0.258. The lowest BCUT2D eigenvalue weighted by Crippen LogP contribution is -2.47. The summed E-state index contributed by atoms with van der Waals surface area (Å²) in [5.41, 5.74) is 8.78. The van der Waals surface area contributed by atoms with Gasteiger partial charge in [-0.1, -0.05) is 0 Å². The third kappa shape index (κ3) is 2.37. The van der Waals surface area contributed by atoms with E-state index in [1.54, 1.807) is 11.1 Å². The van der Waals surface area contributed by atoms with Crippen LogP contribution < -0.4 is 21.4 Å². The molecule has 2 aliphatic heterocycles. The first-order valence-electron chi connectivity index (χ1n) is 7.71. The number of anilines is 2. The molecule has 1 saturated carbocycles. The van der Waals surface area contributed by atoms with Crippen molar-refractivity contribution in [1.29, 1.82) is 0 Å². The van der Waals surface area contributed by atoms with E-state index in [1.165, 1.54) is 12.8 Å². The zero-order chi connectivity index (χ0) is 14.6. The van der Waals surface area contributed by atoms with E-state index in [0.717, 1.165) is 37.4 Å². The first kappa shape index (κ1) is 13.3. The van der Waals surface area contributed by atoms with E-state index in [9.17, 15) is 4.39 Å². The molecule has 21 heavy (non-hydrogen) atoms. The van der Waals surface area contributed by atoms with Gasteiger partial charge >= 0.3 is 0 Å². The minimum Gasteiger partial charge on any atom is -0.367 e. The second kappa shape index (κ2) is 4.83. The molecular weight excluding hydrogens is 269 g/mol. The van der Waals surface area contributed by atoms with Crippen molar-refractivity contribution in [3.8, 4) is 0 Å². The van der Waals surface area contributed by atoms with Crippen molar-refractivity contribution < 1.29 is 4.39 Å². The van der Waals surface area contributed by atoms with Crippen molar-refractivity contribution in [2.24, 2.45) is 11.6 Å². The number of hydrogen-bond donors (Lipinski definition) is 2. The van der Waals surface area contributed by atoms with Gasteiger partial charge in [-0.15, -0.1) is 0 Å². The first-order chi connectivity index (χ1) is 10.1. The predicted octanol–water partition coefficient (Wildman–Crippen LogP) is 0.979. The predicted molar refractivity (Wildman–Crippen MR) is 81.3 cm³/mol. The van der Waals surface area contributed by atoms with Gasteiger partial charge in [0.05, 0.1) is 12.4 Å². The van der Waals surface area contributed by atoms with Crippen molar-refractivity contribution in [1.82, 2.24) is 5.01 Å². The number of benzene rings is 1. The lowest BCUT2D eigenvalue weighted by atomic mass is 10.1. The Hall–Kier alpha value is -1.37. The summed E-state index contributed by atoms with van der Waals surface area (Å²) in [7, 11) is 0. The number of hydrazine groups is 1. The average molecular weight is 291 g/mol. The van der Waals surface area contributed by atoms with Gasteiger partial charge in [-0.05, 0) is 37.0 Å². The van der Waals surface area contributed by atoms with E-state index in [0.29, 0.717) is 18.3 Å². The normalized spacial score (nSPS) is 26.3. The summed E-state index contributed by atoms with van der Waals surface area (Å²) in [5, 5.41) is 1.76. The van der Waals surface area contributed by atoms with E-state index in [2.05, 4.69) is 9.80 Å². The average Bonchev–Trinajstić information content (AvgIpc) is 3.19. The molecule has 1 aliphatic carbocycles. The molecule has 2 fully saturated rings. The number of fused-ring (bicyclic) bond motifs is 1. The molecule has 4 rings (SSSR count). The minimum absolute atomic E-state index is 0.152. The van der Waals surface area contributed by atoms with E-state index >= 15 is 0 Å². The Labute approximate surface area is 124 Å². The topological polar surface area (TPSA) is 61.8 Å². The first-order valence-corrected chi connectivity index (χ1v) is 7.71. The zero-order valence-electron chi connectivity index (χ0n) is 12.1. The molecule has 4 N–H and O–H groups in total. The van der Waals surface area contributed by atoms with Crippen LogP contribution in [0.2, 0.25) is 0 Å². The van der Waals surface area contributed by atoms with Crippen LogP contribution in [0.3, 0.4) is 0 Å². The monoisotopic (exact) mass is 291 g/mol. The van der Waals surface area contributed by atoms with Crippen LogP contribution >= 0.6 is 0 Å². The Morgan fingerprint density at radius 2 is 1.95 bits per heavy atom. The molecule has 1 saturated heterocycles. The van der Waals surface area contributed by atoms with Crippen LogP contribution in [0.15, 0.2) is 12.1 Å². The second-order valence-corrected chi connectivity index (χ2v) is 6.52. The van der Waals surface area contributed by atoms with E-state index in [4.69, 9.17) is 11.6 Å². The summed E-state index contributed by atoms with van der Waals surface area (Å²) in [4.78, 5) is 4.39. The molecule has 0 unspecified atom stereocenters. The fourth-order valence-corrected chi connectivity index (χ4v) is 3.47. The molecule has 114 valence electrons. The van der Waals surface area contributed by atoms with Crippen molar-refractivity contribution in [3.05, 3.63) is 23.5 Å². The van der Waals surface area contributed by atoms with E-state index < -0.39 is 0 Å². The summed E-state index contributed by atoms with van der Waals surface area (Å²) in [6.45, 7) is 2.91.